The molecule has 8 heteroatoms. The lowest BCUT2D eigenvalue weighted by Crippen LogP contribution is -2.44. The van der Waals surface area contributed by atoms with Crippen LogP contribution in [0.25, 0.3) is 11.4 Å². The first kappa shape index (κ1) is 18.0. The van der Waals surface area contributed by atoms with Crippen LogP contribution in [0.2, 0.25) is 0 Å². The molecule has 0 bridgehead atoms. The second-order valence-electron chi connectivity index (χ2n) is 6.34. The minimum atomic E-state index is -3.18. The van der Waals surface area contributed by atoms with E-state index in [1.807, 2.05) is 13.0 Å². The highest BCUT2D eigenvalue weighted by Gasteiger charge is 2.24. The van der Waals surface area contributed by atoms with Gasteiger partial charge in [-0.2, -0.15) is 0 Å². The van der Waals surface area contributed by atoms with Gasteiger partial charge in [-0.05, 0) is 26.0 Å². The number of sulfonamides is 1. The maximum Gasteiger partial charge on any atom is 0.211 e. The van der Waals surface area contributed by atoms with Crippen LogP contribution in [0.5, 0.6) is 0 Å². The summed E-state index contributed by atoms with van der Waals surface area (Å²) in [6, 6.07) is 6.45. The molecule has 0 saturated carbocycles. The molecule has 0 spiro atoms. The zero-order chi connectivity index (χ0) is 18.0. The molecule has 2 heterocycles. The molecule has 0 saturated heterocycles. The molecule has 1 atom stereocenters. The molecule has 0 amide bonds. The van der Waals surface area contributed by atoms with Gasteiger partial charge in [0.25, 0.3) is 0 Å². The van der Waals surface area contributed by atoms with Crippen molar-refractivity contribution in [3.63, 3.8) is 0 Å². The monoisotopic (exact) mass is 366 g/mol. The number of fused-ring (bicyclic) bond motifs is 1. The average Bonchev–Trinajstić information content (AvgIpc) is 3.03. The van der Waals surface area contributed by atoms with Crippen LogP contribution < -0.4 is 4.72 Å². The summed E-state index contributed by atoms with van der Waals surface area (Å²) in [6.07, 6.45) is 0.784. The Morgan fingerprint density at radius 1 is 1.44 bits per heavy atom. The molecule has 1 aromatic heterocycles. The molecule has 6 nitrogen and oxygen atoms in total. The van der Waals surface area contributed by atoms with Crippen molar-refractivity contribution in [1.29, 1.82) is 0 Å². The van der Waals surface area contributed by atoms with E-state index in [9.17, 15) is 12.8 Å². The highest BCUT2D eigenvalue weighted by Crippen LogP contribution is 2.24. The molecule has 1 aromatic carbocycles. The van der Waals surface area contributed by atoms with Crippen LogP contribution in [0.15, 0.2) is 24.3 Å². The summed E-state index contributed by atoms with van der Waals surface area (Å²) in [4.78, 5) is 10.1. The van der Waals surface area contributed by atoms with Gasteiger partial charge in [0.05, 0.1) is 17.1 Å². The van der Waals surface area contributed by atoms with E-state index in [1.54, 1.807) is 13.0 Å². The molecule has 0 radical (unpaired) electrons. The number of imidazole rings is 1. The molecule has 3 rings (SSSR count). The van der Waals surface area contributed by atoms with Gasteiger partial charge < -0.3 is 4.98 Å². The van der Waals surface area contributed by atoms with Crippen molar-refractivity contribution in [2.45, 2.75) is 32.9 Å². The van der Waals surface area contributed by atoms with Crippen LogP contribution in [0, 0.1) is 5.82 Å². The highest BCUT2D eigenvalue weighted by atomic mass is 32.2. The molecule has 136 valence electrons. The second kappa shape index (κ2) is 7.23. The number of hydrogen-bond acceptors (Lipinski definition) is 4. The average molecular weight is 366 g/mol. The van der Waals surface area contributed by atoms with Crippen molar-refractivity contribution in [1.82, 2.24) is 19.6 Å². The van der Waals surface area contributed by atoms with Gasteiger partial charge in [0, 0.05) is 37.7 Å². The predicted molar refractivity (Wildman–Crippen MR) is 95.0 cm³/mol. The summed E-state index contributed by atoms with van der Waals surface area (Å²) in [5.74, 6) is 0.470. The third-order valence-electron chi connectivity index (χ3n) is 4.56. The Morgan fingerprint density at radius 2 is 2.24 bits per heavy atom. The normalized spacial score (nSPS) is 16.6. The number of nitrogens with zero attached hydrogens (tertiary/aromatic N) is 2. The van der Waals surface area contributed by atoms with Gasteiger partial charge in [0.2, 0.25) is 10.0 Å². The Morgan fingerprint density at radius 3 is 2.96 bits per heavy atom. The summed E-state index contributed by atoms with van der Waals surface area (Å²) in [7, 11) is -3.18. The number of rotatable bonds is 6. The van der Waals surface area contributed by atoms with Gasteiger partial charge in [0.1, 0.15) is 11.6 Å². The first-order valence-corrected chi connectivity index (χ1v) is 10.1. The van der Waals surface area contributed by atoms with E-state index >= 15 is 0 Å². The summed E-state index contributed by atoms with van der Waals surface area (Å²) >= 11 is 0. The Kier molecular flexibility index (Phi) is 5.21. The lowest BCUT2D eigenvalue weighted by molar-refractivity contribution is 0.189. The molecule has 0 fully saturated rings. The molecule has 0 unspecified atom stereocenters. The Bertz CT molecular complexity index is 850. The molecule has 1 aliphatic heterocycles. The number of halogens is 1. The van der Waals surface area contributed by atoms with Gasteiger partial charge >= 0.3 is 0 Å². The van der Waals surface area contributed by atoms with Crippen molar-refractivity contribution >= 4 is 10.0 Å². The standard InChI is InChI=1S/C17H23FN4O2S/c1-3-25(23,24)19-10-12(2)22-8-7-15-16(11-22)21-17(20-15)13-5-4-6-14(18)9-13/h4-6,9,12,19H,3,7-8,10-11H2,1-2H3,(H,20,21)/t12-/m0/s1. The highest BCUT2D eigenvalue weighted by molar-refractivity contribution is 7.89. The van der Waals surface area contributed by atoms with Gasteiger partial charge in [-0.25, -0.2) is 22.5 Å². The quantitative estimate of drug-likeness (QED) is 0.819. The summed E-state index contributed by atoms with van der Waals surface area (Å²) in [5.41, 5.74) is 2.73. The second-order valence-corrected chi connectivity index (χ2v) is 8.44. The van der Waals surface area contributed by atoms with Crippen LogP contribution in [0.1, 0.15) is 25.2 Å². The van der Waals surface area contributed by atoms with E-state index < -0.39 is 10.0 Å². The predicted octanol–water partition coefficient (Wildman–Crippen LogP) is 1.90. The molecule has 1 aliphatic rings. The summed E-state index contributed by atoms with van der Waals surface area (Å²) in [5, 5.41) is 0. The molecule has 25 heavy (non-hydrogen) atoms. The van der Waals surface area contributed by atoms with Gasteiger partial charge in [-0.15, -0.1) is 0 Å². The van der Waals surface area contributed by atoms with Crippen molar-refractivity contribution in [3.05, 3.63) is 41.5 Å². The maximum atomic E-state index is 13.4. The third kappa shape index (κ3) is 4.26. The van der Waals surface area contributed by atoms with Crippen molar-refractivity contribution in [3.8, 4) is 11.4 Å². The minimum Gasteiger partial charge on any atom is -0.341 e. The topological polar surface area (TPSA) is 78.1 Å². The van der Waals surface area contributed by atoms with E-state index in [0.29, 0.717) is 18.9 Å². The molecule has 2 N–H and O–H groups in total. The van der Waals surface area contributed by atoms with E-state index in [0.717, 1.165) is 29.9 Å². The van der Waals surface area contributed by atoms with Gasteiger partial charge in [-0.1, -0.05) is 12.1 Å². The number of nitrogens with one attached hydrogen (secondary N) is 2. The zero-order valence-electron chi connectivity index (χ0n) is 14.4. The zero-order valence-corrected chi connectivity index (χ0v) is 15.2. The van der Waals surface area contributed by atoms with E-state index in [1.165, 1.54) is 12.1 Å². The Balaban J connectivity index is 1.69. The molecule has 2 aromatic rings. The minimum absolute atomic E-state index is 0.0791. The fraction of sp³-hybridized carbons (Fsp3) is 0.471. The smallest absolute Gasteiger partial charge is 0.211 e. The van der Waals surface area contributed by atoms with Crippen LogP contribution in [0.3, 0.4) is 0 Å². The van der Waals surface area contributed by atoms with E-state index in [4.69, 9.17) is 0 Å². The number of H-pyrrole nitrogens is 1. The number of aromatic amines is 1. The van der Waals surface area contributed by atoms with Crippen molar-refractivity contribution in [2.24, 2.45) is 0 Å². The molecular weight excluding hydrogens is 343 g/mol. The van der Waals surface area contributed by atoms with E-state index in [2.05, 4.69) is 19.6 Å². The van der Waals surface area contributed by atoms with Crippen LogP contribution in [-0.4, -0.2) is 48.2 Å². The lowest BCUT2D eigenvalue weighted by atomic mass is 10.1. The Labute approximate surface area is 147 Å². The van der Waals surface area contributed by atoms with Crippen LogP contribution in [0.4, 0.5) is 4.39 Å². The third-order valence-corrected chi connectivity index (χ3v) is 5.93. The van der Waals surface area contributed by atoms with Gasteiger partial charge in [-0.3, -0.25) is 4.90 Å². The molecule has 0 aliphatic carbocycles. The first-order valence-electron chi connectivity index (χ1n) is 8.43. The summed E-state index contributed by atoms with van der Waals surface area (Å²) in [6.45, 7) is 5.50. The van der Waals surface area contributed by atoms with Crippen molar-refractivity contribution < 1.29 is 12.8 Å². The van der Waals surface area contributed by atoms with Gasteiger partial charge in [0.15, 0.2) is 0 Å². The fourth-order valence-electron chi connectivity index (χ4n) is 2.94. The largest absolute Gasteiger partial charge is 0.341 e. The fourth-order valence-corrected chi connectivity index (χ4v) is 3.64. The van der Waals surface area contributed by atoms with Crippen LogP contribution in [-0.2, 0) is 23.0 Å². The van der Waals surface area contributed by atoms with Crippen LogP contribution >= 0.6 is 0 Å². The first-order chi connectivity index (χ1) is 11.9. The Hall–Kier alpha value is -1.77. The lowest BCUT2D eigenvalue weighted by Gasteiger charge is -2.31. The van der Waals surface area contributed by atoms with E-state index in [-0.39, 0.29) is 17.6 Å². The summed E-state index contributed by atoms with van der Waals surface area (Å²) < 4.78 is 39.2. The molecular formula is C17H23FN4O2S. The number of benzene rings is 1. The number of hydrogen-bond donors (Lipinski definition) is 2. The maximum absolute atomic E-state index is 13.4. The SMILES string of the molecule is CCS(=O)(=O)NC[C@H](C)N1CCc2nc(-c3cccc(F)c3)[nH]c2C1. The van der Waals surface area contributed by atoms with Crippen molar-refractivity contribution in [2.75, 3.05) is 18.8 Å². The number of aromatic nitrogens is 2.